The molecule has 0 saturated heterocycles. The summed E-state index contributed by atoms with van der Waals surface area (Å²) in [5.41, 5.74) is 2.66. The van der Waals surface area contributed by atoms with Crippen LogP contribution in [0.1, 0.15) is 134 Å². The first-order chi connectivity index (χ1) is 22.7. The molecule has 48 heavy (non-hydrogen) atoms. The van der Waals surface area contributed by atoms with Gasteiger partial charge in [0.2, 0.25) is 0 Å². The maximum absolute atomic E-state index is 13.8. The second-order valence-corrected chi connectivity index (χ2v) is 17.9. The summed E-state index contributed by atoms with van der Waals surface area (Å²) in [4.78, 5) is 57.8. The van der Waals surface area contributed by atoms with Crippen molar-refractivity contribution in [2.75, 3.05) is 26.2 Å². The second-order valence-electron chi connectivity index (χ2n) is 17.9. The first kappa shape index (κ1) is 32.1. The molecule has 4 bridgehead atoms. The fourth-order valence-corrected chi connectivity index (χ4v) is 12.0. The number of hydrogen-bond acceptors (Lipinski definition) is 6. The van der Waals surface area contributed by atoms with Crippen LogP contribution in [0.4, 0.5) is 0 Å². The van der Waals surface area contributed by atoms with Gasteiger partial charge in [-0.15, -0.1) is 0 Å². The van der Waals surface area contributed by atoms with Crippen molar-refractivity contribution in [1.29, 1.82) is 0 Å². The summed E-state index contributed by atoms with van der Waals surface area (Å²) in [6, 6.07) is 7.56. The van der Waals surface area contributed by atoms with E-state index >= 15 is 0 Å². The molecular weight excluding hydrogens is 600 g/mol. The summed E-state index contributed by atoms with van der Waals surface area (Å²) in [5.74, 6) is 0.0886. The minimum atomic E-state index is -0.353. The van der Waals surface area contributed by atoms with Crippen LogP contribution in [0.5, 0.6) is 0 Å². The molecule has 0 aromatic heterocycles. The van der Waals surface area contributed by atoms with Crippen LogP contribution >= 0.6 is 0 Å². The molecule has 0 spiro atoms. The van der Waals surface area contributed by atoms with Crippen LogP contribution in [-0.2, 0) is 0 Å². The number of nitrogens with zero attached hydrogens (tertiary/aromatic N) is 2. The van der Waals surface area contributed by atoms with Gasteiger partial charge in [0.25, 0.3) is 23.6 Å². The lowest BCUT2D eigenvalue weighted by Crippen LogP contribution is -2.51. The van der Waals surface area contributed by atoms with Gasteiger partial charge in [-0.05, 0) is 122 Å². The third kappa shape index (κ3) is 4.40. The monoisotopic (exact) mass is 652 g/mol. The fourth-order valence-electron chi connectivity index (χ4n) is 12.0. The van der Waals surface area contributed by atoms with Crippen molar-refractivity contribution in [3.05, 3.63) is 46.5 Å². The fraction of sp³-hybridized carbons (Fsp3) is 0.650. The molecule has 2 aromatic rings. The number of imide groups is 2. The number of amides is 4. The van der Waals surface area contributed by atoms with Crippen LogP contribution in [0.25, 0.3) is 10.8 Å². The van der Waals surface area contributed by atoms with E-state index in [0.29, 0.717) is 81.9 Å². The van der Waals surface area contributed by atoms with Gasteiger partial charge in [0.15, 0.2) is 0 Å². The molecule has 8 heteroatoms. The predicted octanol–water partition coefficient (Wildman–Crippen LogP) is 6.42. The highest BCUT2D eigenvalue weighted by Gasteiger charge is 2.60. The molecule has 6 aliphatic rings. The second kappa shape index (κ2) is 10.7. The van der Waals surface area contributed by atoms with E-state index in [2.05, 4.69) is 52.2 Å². The first-order valence-corrected chi connectivity index (χ1v) is 18.5. The van der Waals surface area contributed by atoms with E-state index in [1.807, 2.05) is 0 Å². The lowest BCUT2D eigenvalue weighted by Gasteiger charge is -2.43. The summed E-state index contributed by atoms with van der Waals surface area (Å²) in [6.45, 7) is 16.4. The average molecular weight is 653 g/mol. The number of carbonyl (C=O) groups is 4. The molecule has 2 aliphatic heterocycles. The van der Waals surface area contributed by atoms with Crippen molar-refractivity contribution in [2.45, 2.75) is 105 Å². The summed E-state index contributed by atoms with van der Waals surface area (Å²) in [7, 11) is 0. The first-order valence-electron chi connectivity index (χ1n) is 18.5. The van der Waals surface area contributed by atoms with E-state index in [9.17, 15) is 19.2 Å². The topological polar surface area (TPSA) is 98.8 Å². The van der Waals surface area contributed by atoms with Crippen LogP contribution in [0.3, 0.4) is 0 Å². The molecule has 0 radical (unpaired) electrons. The van der Waals surface area contributed by atoms with Gasteiger partial charge in [0.1, 0.15) is 0 Å². The Bertz CT molecular complexity index is 1560. The summed E-state index contributed by atoms with van der Waals surface area (Å²) in [5, 5.41) is 8.50. The Morgan fingerprint density at radius 3 is 1.21 bits per heavy atom. The lowest BCUT2D eigenvalue weighted by atomic mass is 9.68. The molecule has 4 saturated carbocycles. The van der Waals surface area contributed by atoms with Gasteiger partial charge in [0, 0.05) is 58.2 Å². The number of fused-ring (bicyclic) bond motifs is 4. The Balaban J connectivity index is 0.945. The van der Waals surface area contributed by atoms with Crippen molar-refractivity contribution >= 4 is 34.4 Å². The number of nitrogens with one attached hydrogen (secondary N) is 2. The van der Waals surface area contributed by atoms with Crippen LogP contribution in [0.15, 0.2) is 24.3 Å². The summed E-state index contributed by atoms with van der Waals surface area (Å²) in [6.07, 6.45) is 8.98. The number of carbonyl (C=O) groups excluding carboxylic acids is 4. The maximum Gasteiger partial charge on any atom is 0.261 e. The van der Waals surface area contributed by atoms with Crippen molar-refractivity contribution in [1.82, 2.24) is 20.4 Å². The van der Waals surface area contributed by atoms with Crippen LogP contribution in [0.2, 0.25) is 0 Å². The van der Waals surface area contributed by atoms with Crippen molar-refractivity contribution in [2.24, 2.45) is 33.5 Å². The molecule has 2 aromatic carbocycles. The normalized spacial score (nSPS) is 34.0. The molecule has 4 fully saturated rings. The molecule has 2 heterocycles. The van der Waals surface area contributed by atoms with Crippen molar-refractivity contribution < 1.29 is 19.2 Å². The Morgan fingerprint density at radius 2 is 0.917 bits per heavy atom. The van der Waals surface area contributed by atoms with E-state index in [-0.39, 0.29) is 34.5 Å². The van der Waals surface area contributed by atoms with E-state index < -0.39 is 0 Å². The zero-order chi connectivity index (χ0) is 34.0. The zero-order valence-corrected chi connectivity index (χ0v) is 29.6. The largest absolute Gasteiger partial charge is 0.313 e. The Morgan fingerprint density at radius 1 is 0.583 bits per heavy atom. The highest BCUT2D eigenvalue weighted by Crippen LogP contribution is 2.63. The highest BCUT2D eigenvalue weighted by molar-refractivity contribution is 6.33. The summed E-state index contributed by atoms with van der Waals surface area (Å²) < 4.78 is 0. The minimum Gasteiger partial charge on any atom is -0.313 e. The maximum atomic E-state index is 13.8. The van der Waals surface area contributed by atoms with E-state index in [0.717, 1.165) is 24.9 Å². The molecule has 4 amide bonds. The van der Waals surface area contributed by atoms with Crippen LogP contribution in [-0.4, -0.2) is 71.7 Å². The van der Waals surface area contributed by atoms with Crippen molar-refractivity contribution in [3.8, 4) is 0 Å². The third-order valence-corrected chi connectivity index (χ3v) is 14.4. The SMILES string of the molecule is CC1(C)[C@@H]2CC[C@](C)(C2)[C@@H]1NCCCN1C(=O)c2ccc3c4c(ccc(c24)C1=O)C(=O)N(CCCN[C@@H]1C(C)(C)[C@H]2CC[C@]1(C)C2)C3=O. The molecule has 6 atom stereocenters. The van der Waals surface area contributed by atoms with Crippen molar-refractivity contribution in [3.63, 3.8) is 0 Å². The van der Waals surface area contributed by atoms with E-state index in [4.69, 9.17) is 0 Å². The lowest BCUT2D eigenvalue weighted by molar-refractivity contribution is 0.0583. The quantitative estimate of drug-likeness (QED) is 0.227. The van der Waals surface area contributed by atoms with E-state index in [1.54, 1.807) is 24.3 Å². The zero-order valence-electron chi connectivity index (χ0n) is 29.6. The van der Waals surface area contributed by atoms with Gasteiger partial charge in [-0.3, -0.25) is 29.0 Å². The molecule has 8 nitrogen and oxygen atoms in total. The molecule has 2 N–H and O–H groups in total. The third-order valence-electron chi connectivity index (χ3n) is 14.4. The standard InChI is InChI=1S/C40H52N4O4/c1-37(2)23-13-15-39(5,21-23)35(37)41-17-7-19-43-31(45)25-9-11-27-30-28(12-10-26(29(25)30)32(43)46)34(48)44(33(27)47)20-8-18-42-36-38(3,4)24-14-16-40(36,6)22-24/h9-12,23-24,35-36,41-42H,7-8,13-22H2,1-6H3/t23-,24+,35-,36-,39-,40-/m1/s1. The molecule has 0 unspecified atom stereocenters. The Labute approximate surface area is 284 Å². The smallest absolute Gasteiger partial charge is 0.261 e. The highest BCUT2D eigenvalue weighted by atomic mass is 16.2. The van der Waals surface area contributed by atoms with Gasteiger partial charge in [-0.2, -0.15) is 0 Å². The molecule has 4 aliphatic carbocycles. The van der Waals surface area contributed by atoms with Gasteiger partial charge in [0.05, 0.1) is 0 Å². The Kier molecular flexibility index (Phi) is 7.16. The number of rotatable bonds is 10. The molecule has 256 valence electrons. The molecule has 8 rings (SSSR count). The van der Waals surface area contributed by atoms with Gasteiger partial charge in [-0.25, -0.2) is 0 Å². The number of benzene rings is 2. The van der Waals surface area contributed by atoms with Gasteiger partial charge >= 0.3 is 0 Å². The van der Waals surface area contributed by atoms with Crippen LogP contribution < -0.4 is 10.6 Å². The van der Waals surface area contributed by atoms with Gasteiger partial charge < -0.3 is 10.6 Å². The molecular formula is C40H52N4O4. The van der Waals surface area contributed by atoms with E-state index in [1.165, 1.54) is 48.3 Å². The van der Waals surface area contributed by atoms with Gasteiger partial charge in [-0.1, -0.05) is 41.5 Å². The summed E-state index contributed by atoms with van der Waals surface area (Å²) >= 11 is 0. The Hall–Kier alpha value is -3.10. The minimum absolute atomic E-state index is 0.241. The number of hydrogen-bond donors (Lipinski definition) is 2. The average Bonchev–Trinajstić information content (AvgIpc) is 3.73. The van der Waals surface area contributed by atoms with Crippen LogP contribution in [0, 0.1) is 33.5 Å². The predicted molar refractivity (Wildman–Crippen MR) is 186 cm³/mol.